The molecule has 20 nitrogen and oxygen atoms in total. The molecule has 0 radical (unpaired) electrons. The summed E-state index contributed by atoms with van der Waals surface area (Å²) in [7, 11) is 0. The SMILES string of the molecule is CC(=O)OC[C@]12[C@H](OC(C)=O)[C@H](OC(C)=O)[C@H]3[C@@H](OC(C)=O)[C@@]14O[C@@]3(C)COC(=O)c1cccnc1CC[C@@](C)(O)C(=O)O[C@@H]([C@H](OC(=O)c1ccccc1)[C@@H]2OC(C)=O)[C@]4(C)O. The molecule has 63 heavy (non-hydrogen) atoms. The van der Waals surface area contributed by atoms with E-state index < -0.39 is 138 Å². The Kier molecular flexibility index (Phi) is 12.5. The second kappa shape index (κ2) is 16.9. The zero-order valence-corrected chi connectivity index (χ0v) is 35.8. The normalized spacial score (nSPS) is 35.8. The molecule has 4 bridgehead atoms. The number of rotatable bonds is 8. The van der Waals surface area contributed by atoms with Crippen molar-refractivity contribution in [1.82, 2.24) is 4.98 Å². The maximum absolute atomic E-state index is 14.5. The van der Waals surface area contributed by atoms with Crippen LogP contribution in [0, 0.1) is 11.3 Å². The van der Waals surface area contributed by atoms with Crippen LogP contribution < -0.4 is 0 Å². The van der Waals surface area contributed by atoms with Crippen molar-refractivity contribution < 1.29 is 91.2 Å². The van der Waals surface area contributed by atoms with Gasteiger partial charge in [0.05, 0.1) is 22.7 Å². The van der Waals surface area contributed by atoms with Crippen LogP contribution in [0.25, 0.3) is 0 Å². The predicted molar refractivity (Wildman–Crippen MR) is 207 cm³/mol. The number of benzene rings is 1. The number of hydrogen-bond acceptors (Lipinski definition) is 20. The number of esters is 8. The van der Waals surface area contributed by atoms with Crippen molar-refractivity contribution in [3.8, 4) is 0 Å². The van der Waals surface area contributed by atoms with Crippen LogP contribution in [0.15, 0.2) is 48.7 Å². The lowest BCUT2D eigenvalue weighted by molar-refractivity contribution is -0.386. The predicted octanol–water partition coefficient (Wildman–Crippen LogP) is 1.27. The molecule has 20 heteroatoms. The van der Waals surface area contributed by atoms with Gasteiger partial charge in [0.15, 0.2) is 35.6 Å². The molecule has 2 aliphatic carbocycles. The Hall–Kier alpha value is -5.99. The second-order valence-corrected chi connectivity index (χ2v) is 16.7. The van der Waals surface area contributed by atoms with Crippen molar-refractivity contribution in [2.75, 3.05) is 13.2 Å². The largest absolute Gasteiger partial charge is 0.465 e. The highest BCUT2D eigenvalue weighted by atomic mass is 16.7. The molecule has 1 saturated heterocycles. The van der Waals surface area contributed by atoms with Gasteiger partial charge >= 0.3 is 47.8 Å². The smallest absolute Gasteiger partial charge is 0.340 e. The molecule has 2 aromatic rings. The summed E-state index contributed by atoms with van der Waals surface area (Å²) >= 11 is 0. The summed E-state index contributed by atoms with van der Waals surface area (Å²) in [6.45, 7) is 6.37. The number of aromatic nitrogens is 1. The van der Waals surface area contributed by atoms with Gasteiger partial charge in [-0.05, 0) is 57.9 Å². The number of fused-ring (bicyclic) bond motifs is 5. The standard InChI is InChI=1S/C43H49NO19/c1-21(45)55-20-42-34(59-24(4)48)30(57-22(2)46)29-32(58-23(3)47)43(42)41(8,54)33(31(35(42)60-25(5)49)61-36(50)26-13-10-9-11-14-26)62-38(52)39(6,53)17-16-28-27(15-12-18-44-28)37(51)56-19-40(29,7)63-43/h9-15,18,29-35,53-54H,16-17,19-20H2,1-8H3/t29-,30+,31-,32+,33-,34+,35-,39+,40-,41-,42+,43-/m0/s1. The van der Waals surface area contributed by atoms with Crippen LogP contribution in [-0.2, 0) is 77.8 Å². The zero-order valence-electron chi connectivity index (χ0n) is 35.8. The summed E-state index contributed by atoms with van der Waals surface area (Å²) in [6, 6.07) is 10.1. The van der Waals surface area contributed by atoms with Crippen LogP contribution in [0.3, 0.4) is 0 Å². The molecule has 4 aliphatic rings. The van der Waals surface area contributed by atoms with Crippen molar-refractivity contribution in [2.24, 2.45) is 11.3 Å². The minimum Gasteiger partial charge on any atom is -0.465 e. The van der Waals surface area contributed by atoms with Crippen LogP contribution in [0.2, 0.25) is 0 Å². The van der Waals surface area contributed by atoms with Crippen molar-refractivity contribution >= 4 is 47.8 Å². The maximum Gasteiger partial charge on any atom is 0.340 e. The first-order valence-corrected chi connectivity index (χ1v) is 20.0. The van der Waals surface area contributed by atoms with E-state index in [1.54, 1.807) is 6.07 Å². The van der Waals surface area contributed by atoms with Crippen molar-refractivity contribution in [3.05, 3.63) is 65.5 Å². The average Bonchev–Trinajstić information content (AvgIpc) is 3.42. The van der Waals surface area contributed by atoms with Gasteiger partial charge in [-0.15, -0.1) is 0 Å². The number of pyridine rings is 1. The van der Waals surface area contributed by atoms with Gasteiger partial charge in [-0.3, -0.25) is 29.0 Å². The Labute approximate surface area is 360 Å². The quantitative estimate of drug-likeness (QED) is 0.279. The minimum absolute atomic E-state index is 0.0847. The molecule has 2 aliphatic heterocycles. The van der Waals surface area contributed by atoms with E-state index in [1.165, 1.54) is 49.5 Å². The summed E-state index contributed by atoms with van der Waals surface area (Å²) in [6.07, 6.45) is -12.0. The Morgan fingerprint density at radius 3 is 1.92 bits per heavy atom. The van der Waals surface area contributed by atoms with Gasteiger partial charge in [0.1, 0.15) is 42.0 Å². The maximum atomic E-state index is 14.5. The Balaban J connectivity index is 1.79. The lowest BCUT2D eigenvalue weighted by Gasteiger charge is -2.67. The summed E-state index contributed by atoms with van der Waals surface area (Å²) in [5.74, 6) is -10.5. The summed E-state index contributed by atoms with van der Waals surface area (Å²) in [5, 5.41) is 25.4. The average molecular weight is 884 g/mol. The van der Waals surface area contributed by atoms with Crippen LogP contribution in [0.5, 0.6) is 0 Å². The number of aliphatic hydroxyl groups is 2. The van der Waals surface area contributed by atoms with Crippen LogP contribution in [0.4, 0.5) is 0 Å². The van der Waals surface area contributed by atoms with Gasteiger partial charge in [0.25, 0.3) is 0 Å². The summed E-state index contributed by atoms with van der Waals surface area (Å²) < 4.78 is 54.9. The van der Waals surface area contributed by atoms with Crippen LogP contribution in [0.1, 0.15) is 88.2 Å². The molecule has 3 heterocycles. The first-order valence-electron chi connectivity index (χ1n) is 20.0. The molecule has 2 N–H and O–H groups in total. The lowest BCUT2D eigenvalue weighted by atomic mass is 9.45. The molecule has 0 amide bonds. The molecular formula is C43H49NO19. The third-order valence-electron chi connectivity index (χ3n) is 12.2. The van der Waals surface area contributed by atoms with Crippen LogP contribution in [-0.4, -0.2) is 135 Å². The van der Waals surface area contributed by atoms with Gasteiger partial charge in [-0.2, -0.15) is 0 Å². The lowest BCUT2D eigenvalue weighted by Crippen LogP contribution is -2.89. The van der Waals surface area contributed by atoms with E-state index in [9.17, 15) is 48.6 Å². The van der Waals surface area contributed by atoms with Crippen molar-refractivity contribution in [3.63, 3.8) is 0 Å². The van der Waals surface area contributed by atoms with Gasteiger partial charge in [0.2, 0.25) is 0 Å². The molecule has 0 unspecified atom stereocenters. The van der Waals surface area contributed by atoms with Crippen molar-refractivity contribution in [2.45, 2.75) is 127 Å². The minimum atomic E-state index is -2.98. The molecule has 1 aromatic heterocycles. The molecule has 12 atom stereocenters. The highest BCUT2D eigenvalue weighted by Gasteiger charge is 2.92. The van der Waals surface area contributed by atoms with Gasteiger partial charge in [-0.25, -0.2) is 14.4 Å². The number of hydrogen-bond donors (Lipinski definition) is 2. The first-order chi connectivity index (χ1) is 29.4. The number of nitrogens with zero attached hydrogens (tertiary/aromatic N) is 1. The molecule has 2 saturated carbocycles. The van der Waals surface area contributed by atoms with E-state index in [0.29, 0.717) is 0 Å². The summed E-state index contributed by atoms with van der Waals surface area (Å²) in [4.78, 5) is 113. The molecule has 3 fully saturated rings. The Bertz CT molecular complexity index is 2190. The van der Waals surface area contributed by atoms with E-state index in [0.717, 1.165) is 48.5 Å². The fourth-order valence-corrected chi connectivity index (χ4v) is 9.73. The molecular weight excluding hydrogens is 834 g/mol. The van der Waals surface area contributed by atoms with Gasteiger partial charge in [-0.1, -0.05) is 18.2 Å². The van der Waals surface area contributed by atoms with Gasteiger partial charge in [0, 0.05) is 40.8 Å². The fraction of sp³-hybridized carbons (Fsp3) is 0.558. The fourth-order valence-electron chi connectivity index (χ4n) is 9.73. The van der Waals surface area contributed by atoms with E-state index in [-0.39, 0.29) is 23.2 Å². The van der Waals surface area contributed by atoms with Crippen LogP contribution >= 0.6 is 0 Å². The van der Waals surface area contributed by atoms with E-state index >= 15 is 0 Å². The topological polar surface area (TPSA) is 273 Å². The molecule has 340 valence electrons. The Morgan fingerprint density at radius 2 is 1.33 bits per heavy atom. The highest BCUT2D eigenvalue weighted by Crippen LogP contribution is 2.70. The first kappa shape index (κ1) is 46.5. The third kappa shape index (κ3) is 7.99. The number of carbonyl (C=O) groups excluding carboxylic acids is 8. The number of cyclic esters (lactones) is 1. The monoisotopic (exact) mass is 883 g/mol. The molecule has 6 rings (SSSR count). The zero-order chi connectivity index (χ0) is 46.4. The highest BCUT2D eigenvalue weighted by molar-refractivity contribution is 5.91. The van der Waals surface area contributed by atoms with Gasteiger partial charge < -0.3 is 52.8 Å². The number of aryl methyl sites for hydroxylation is 1. The van der Waals surface area contributed by atoms with E-state index in [1.807, 2.05) is 0 Å². The number of ether oxygens (including phenoxy) is 9. The third-order valence-corrected chi connectivity index (χ3v) is 12.2. The molecule has 1 aromatic carbocycles. The van der Waals surface area contributed by atoms with E-state index in [4.69, 9.17) is 42.6 Å². The number of carbonyl (C=O) groups is 8. The summed E-state index contributed by atoms with van der Waals surface area (Å²) in [5.41, 5.74) is -13.3. The molecule has 1 spiro atoms. The van der Waals surface area contributed by atoms with E-state index in [2.05, 4.69) is 4.98 Å². The van der Waals surface area contributed by atoms with Crippen molar-refractivity contribution in [1.29, 1.82) is 0 Å². The Morgan fingerprint density at radius 1 is 0.746 bits per heavy atom. The second-order valence-electron chi connectivity index (χ2n) is 16.7.